The Morgan fingerprint density at radius 3 is 2.59 bits per heavy atom. The molecule has 0 aliphatic carbocycles. The van der Waals surface area contributed by atoms with Crippen molar-refractivity contribution >= 4 is 39.2 Å². The van der Waals surface area contributed by atoms with Crippen LogP contribution in [0.3, 0.4) is 0 Å². The van der Waals surface area contributed by atoms with E-state index < -0.39 is 29.5 Å². The molecule has 5 nitrogen and oxygen atoms in total. The number of pyridine rings is 1. The molecule has 0 saturated heterocycles. The van der Waals surface area contributed by atoms with Gasteiger partial charge in [-0.05, 0) is 53.2 Å². The lowest BCUT2D eigenvalue weighted by Crippen LogP contribution is -2.43. The summed E-state index contributed by atoms with van der Waals surface area (Å²) in [5.74, 6) is -2.36. The summed E-state index contributed by atoms with van der Waals surface area (Å²) >= 11 is 3.28. The average molecular weight is 443 g/mol. The van der Waals surface area contributed by atoms with E-state index in [0.717, 1.165) is 12.1 Å². The summed E-state index contributed by atoms with van der Waals surface area (Å²) < 4.78 is 44.0. The Labute approximate surface area is 161 Å². The van der Waals surface area contributed by atoms with Gasteiger partial charge in [0.2, 0.25) is 5.91 Å². The minimum atomic E-state index is -4.49. The maximum Gasteiger partial charge on any atom is 0.416 e. The third-order valence-corrected chi connectivity index (χ3v) is 4.53. The molecule has 0 saturated carbocycles. The first-order valence-corrected chi connectivity index (χ1v) is 8.84. The molecule has 9 heteroatoms. The van der Waals surface area contributed by atoms with Gasteiger partial charge < -0.3 is 4.74 Å². The van der Waals surface area contributed by atoms with Crippen LogP contribution in [0.5, 0.6) is 0 Å². The van der Waals surface area contributed by atoms with E-state index in [1.165, 1.54) is 23.2 Å². The predicted octanol–water partition coefficient (Wildman–Crippen LogP) is 4.26. The maximum absolute atomic E-state index is 13.0. The number of hydrogen-bond acceptors (Lipinski definition) is 4. The van der Waals surface area contributed by atoms with E-state index in [-0.39, 0.29) is 18.7 Å². The monoisotopic (exact) mass is 442 g/mol. The van der Waals surface area contributed by atoms with Crippen molar-refractivity contribution in [2.45, 2.75) is 19.5 Å². The molecule has 0 bridgehead atoms. The van der Waals surface area contributed by atoms with Gasteiger partial charge in [0.05, 0.1) is 23.6 Å². The van der Waals surface area contributed by atoms with Gasteiger partial charge in [-0.15, -0.1) is 0 Å². The summed E-state index contributed by atoms with van der Waals surface area (Å²) in [6.45, 7) is 1.74. The quantitative estimate of drug-likeness (QED) is 0.526. The zero-order valence-corrected chi connectivity index (χ0v) is 15.7. The summed E-state index contributed by atoms with van der Waals surface area (Å²) in [5, 5.41) is 0. The molecule has 0 spiro atoms. The zero-order chi connectivity index (χ0) is 19.8. The van der Waals surface area contributed by atoms with Crippen LogP contribution in [0.1, 0.15) is 18.2 Å². The second kappa shape index (κ2) is 7.30. The fraction of sp³-hybridized carbons (Fsp3) is 0.278. The van der Waals surface area contributed by atoms with E-state index in [1.807, 2.05) is 0 Å². The van der Waals surface area contributed by atoms with Gasteiger partial charge in [0.1, 0.15) is 5.92 Å². The van der Waals surface area contributed by atoms with Gasteiger partial charge in [-0.1, -0.05) is 0 Å². The number of ether oxygens (including phenoxy) is 1. The SMILES string of the molecule is CCOC(=O)C1Cc2ncc(Br)cc2N(c2ccc(C(F)(F)F)cc2)C1=O. The Hall–Kier alpha value is -2.42. The maximum atomic E-state index is 13.0. The van der Waals surface area contributed by atoms with Crippen molar-refractivity contribution in [2.75, 3.05) is 11.5 Å². The molecular weight excluding hydrogens is 429 g/mol. The first-order valence-electron chi connectivity index (χ1n) is 8.04. The number of esters is 1. The van der Waals surface area contributed by atoms with Crippen LogP contribution in [-0.2, 0) is 26.9 Å². The first-order chi connectivity index (χ1) is 12.7. The second-order valence-corrected chi connectivity index (χ2v) is 6.76. The number of amides is 1. The van der Waals surface area contributed by atoms with Gasteiger partial charge in [-0.3, -0.25) is 19.5 Å². The minimum Gasteiger partial charge on any atom is -0.465 e. The normalized spacial score (nSPS) is 16.9. The number of nitrogens with zero attached hydrogens (tertiary/aromatic N) is 2. The van der Waals surface area contributed by atoms with E-state index in [1.54, 1.807) is 13.0 Å². The lowest BCUT2D eigenvalue weighted by molar-refractivity contribution is -0.151. The van der Waals surface area contributed by atoms with Crippen LogP contribution in [0, 0.1) is 5.92 Å². The third kappa shape index (κ3) is 3.83. The average Bonchev–Trinajstić information content (AvgIpc) is 2.61. The van der Waals surface area contributed by atoms with Crippen LogP contribution in [0.15, 0.2) is 41.0 Å². The molecule has 0 N–H and O–H groups in total. The molecule has 142 valence electrons. The van der Waals surface area contributed by atoms with Crippen LogP contribution >= 0.6 is 15.9 Å². The van der Waals surface area contributed by atoms with Crippen molar-refractivity contribution < 1.29 is 27.5 Å². The summed E-state index contributed by atoms with van der Waals surface area (Å²) in [5.41, 5.74) is 0.277. The number of anilines is 2. The van der Waals surface area contributed by atoms with Gasteiger partial charge >= 0.3 is 12.1 Å². The fourth-order valence-corrected chi connectivity index (χ4v) is 3.18. The van der Waals surface area contributed by atoms with E-state index >= 15 is 0 Å². The highest BCUT2D eigenvalue weighted by Gasteiger charge is 2.40. The summed E-state index contributed by atoms with van der Waals surface area (Å²) in [4.78, 5) is 30.6. The molecule has 1 aliphatic heterocycles. The van der Waals surface area contributed by atoms with Crippen molar-refractivity contribution in [3.05, 3.63) is 52.3 Å². The van der Waals surface area contributed by atoms with Crippen LogP contribution in [0.4, 0.5) is 24.5 Å². The molecule has 1 atom stereocenters. The van der Waals surface area contributed by atoms with Gasteiger partial charge in [-0.25, -0.2) is 0 Å². The second-order valence-electron chi connectivity index (χ2n) is 5.85. The summed E-state index contributed by atoms with van der Waals surface area (Å²) in [6, 6.07) is 5.81. The minimum absolute atomic E-state index is 0.0669. The van der Waals surface area contributed by atoms with Gasteiger partial charge in [0, 0.05) is 22.8 Å². The van der Waals surface area contributed by atoms with Crippen molar-refractivity contribution in [3.63, 3.8) is 0 Å². The van der Waals surface area contributed by atoms with Crippen LogP contribution in [0.2, 0.25) is 0 Å². The lowest BCUT2D eigenvalue weighted by Gasteiger charge is -2.32. The van der Waals surface area contributed by atoms with Crippen LogP contribution in [0.25, 0.3) is 0 Å². The molecule has 1 amide bonds. The Morgan fingerprint density at radius 2 is 2.00 bits per heavy atom. The predicted molar refractivity (Wildman–Crippen MR) is 94.4 cm³/mol. The topological polar surface area (TPSA) is 59.5 Å². The molecule has 1 aromatic carbocycles. The van der Waals surface area contributed by atoms with E-state index in [9.17, 15) is 22.8 Å². The first kappa shape index (κ1) is 19.3. The van der Waals surface area contributed by atoms with Crippen molar-refractivity contribution in [1.82, 2.24) is 4.98 Å². The number of halogens is 4. The number of fused-ring (bicyclic) bond motifs is 1. The Morgan fingerprint density at radius 1 is 1.33 bits per heavy atom. The van der Waals surface area contributed by atoms with Crippen molar-refractivity contribution in [2.24, 2.45) is 5.92 Å². The van der Waals surface area contributed by atoms with E-state index in [4.69, 9.17) is 4.74 Å². The Kier molecular flexibility index (Phi) is 5.23. The smallest absolute Gasteiger partial charge is 0.416 e. The number of aromatic nitrogens is 1. The Balaban J connectivity index is 2.07. The molecule has 1 aliphatic rings. The number of carbonyl (C=O) groups excluding carboxylic acids is 2. The zero-order valence-electron chi connectivity index (χ0n) is 14.1. The molecule has 3 rings (SSSR count). The molecule has 1 unspecified atom stereocenters. The number of carbonyl (C=O) groups is 2. The summed E-state index contributed by atoms with van der Waals surface area (Å²) in [6.07, 6.45) is -2.89. The number of alkyl halides is 3. The molecule has 1 aromatic heterocycles. The lowest BCUT2D eigenvalue weighted by atomic mass is 9.94. The Bertz CT molecular complexity index is 884. The van der Waals surface area contributed by atoms with Crippen LogP contribution in [-0.4, -0.2) is 23.5 Å². The number of rotatable bonds is 3. The molecule has 0 radical (unpaired) electrons. The molecular formula is C18H14BrF3N2O3. The largest absolute Gasteiger partial charge is 0.465 e. The van der Waals surface area contributed by atoms with E-state index in [2.05, 4.69) is 20.9 Å². The molecule has 27 heavy (non-hydrogen) atoms. The number of hydrogen-bond donors (Lipinski definition) is 0. The standard InChI is InChI=1S/C18H14BrF3N2O3/c1-2-27-17(26)13-8-14-15(7-11(19)9-23-14)24(16(13)25)12-5-3-10(4-6-12)18(20,21)22/h3-7,9,13H,2,8H2,1H3. The van der Waals surface area contributed by atoms with Crippen molar-refractivity contribution in [1.29, 1.82) is 0 Å². The highest BCUT2D eigenvalue weighted by atomic mass is 79.9. The molecule has 2 heterocycles. The van der Waals surface area contributed by atoms with Gasteiger partial charge in [0.15, 0.2) is 0 Å². The fourth-order valence-electron chi connectivity index (χ4n) is 2.86. The third-order valence-electron chi connectivity index (χ3n) is 4.09. The summed E-state index contributed by atoms with van der Waals surface area (Å²) in [7, 11) is 0. The van der Waals surface area contributed by atoms with E-state index in [0.29, 0.717) is 15.9 Å². The van der Waals surface area contributed by atoms with Crippen molar-refractivity contribution in [3.8, 4) is 0 Å². The van der Waals surface area contributed by atoms with Gasteiger partial charge in [0.25, 0.3) is 0 Å². The molecule has 0 fully saturated rings. The molecule has 2 aromatic rings. The highest BCUT2D eigenvalue weighted by molar-refractivity contribution is 9.10. The highest BCUT2D eigenvalue weighted by Crippen LogP contribution is 2.38. The van der Waals surface area contributed by atoms with Gasteiger partial charge in [-0.2, -0.15) is 13.2 Å². The van der Waals surface area contributed by atoms with Crippen LogP contribution < -0.4 is 4.90 Å². The number of benzene rings is 1.